The van der Waals surface area contributed by atoms with Crippen molar-refractivity contribution in [2.45, 2.75) is 0 Å². The Bertz CT molecular complexity index is 826. The number of benzene rings is 1. The van der Waals surface area contributed by atoms with Gasteiger partial charge in [0, 0.05) is 10.9 Å². The van der Waals surface area contributed by atoms with Gasteiger partial charge >= 0.3 is 5.97 Å². The van der Waals surface area contributed by atoms with Crippen molar-refractivity contribution in [1.29, 1.82) is 0 Å². The summed E-state index contributed by atoms with van der Waals surface area (Å²) in [6, 6.07) is 8.83. The first-order valence-electron chi connectivity index (χ1n) is 5.73. The zero-order chi connectivity index (χ0) is 14.3. The zero-order valence-corrected chi connectivity index (χ0v) is 10.9. The molecule has 3 aromatic rings. The number of fused-ring (bicyclic) bond motifs is 1. The molecule has 6 heteroatoms. The van der Waals surface area contributed by atoms with E-state index in [0.29, 0.717) is 16.8 Å². The van der Waals surface area contributed by atoms with E-state index in [2.05, 4.69) is 4.98 Å². The third-order valence-corrected chi connectivity index (χ3v) is 3.34. The Morgan fingerprint density at radius 1 is 1.30 bits per heavy atom. The number of hydrogen-bond donors (Lipinski definition) is 2. The van der Waals surface area contributed by atoms with Crippen molar-refractivity contribution < 1.29 is 14.3 Å². The number of aromatic carboxylic acids is 1. The molecule has 2 heterocycles. The smallest absolute Gasteiger partial charge is 0.356 e. The lowest BCUT2D eigenvalue weighted by Crippen LogP contribution is -2.05. The van der Waals surface area contributed by atoms with E-state index < -0.39 is 5.97 Å². The Morgan fingerprint density at radius 2 is 2.10 bits per heavy atom. The number of hydrogen-bond acceptors (Lipinski definition) is 4. The lowest BCUT2D eigenvalue weighted by Gasteiger charge is -2.07. The summed E-state index contributed by atoms with van der Waals surface area (Å²) in [5.41, 5.74) is 7.47. The van der Waals surface area contributed by atoms with Gasteiger partial charge in [-0.1, -0.05) is 23.7 Å². The molecule has 0 aliphatic rings. The molecule has 3 N–H and O–H groups in total. The topological polar surface area (TPSA) is 89.4 Å². The first-order chi connectivity index (χ1) is 9.56. The number of nitrogen functional groups attached to an aromatic ring is 1. The quantitative estimate of drug-likeness (QED) is 0.754. The monoisotopic (exact) mass is 288 g/mol. The molecule has 0 aliphatic heterocycles. The van der Waals surface area contributed by atoms with E-state index in [0.717, 1.165) is 5.39 Å². The van der Waals surface area contributed by atoms with Crippen LogP contribution in [0.25, 0.3) is 22.2 Å². The van der Waals surface area contributed by atoms with Crippen molar-refractivity contribution in [3.05, 3.63) is 47.3 Å². The van der Waals surface area contributed by atoms with Crippen molar-refractivity contribution in [1.82, 2.24) is 4.98 Å². The Balaban J connectivity index is 2.20. The lowest BCUT2D eigenvalue weighted by molar-refractivity contribution is 0.0691. The number of nitrogens with zero attached hydrogens (tertiary/aromatic N) is 1. The number of halogens is 1. The maximum Gasteiger partial charge on any atom is 0.356 e. The Kier molecular flexibility index (Phi) is 2.84. The number of carbonyl (C=O) groups is 1. The predicted octanol–water partition coefficient (Wildman–Crippen LogP) is 3.43. The van der Waals surface area contributed by atoms with Crippen molar-refractivity contribution >= 4 is 34.2 Å². The van der Waals surface area contributed by atoms with Crippen LogP contribution >= 0.6 is 11.6 Å². The highest BCUT2D eigenvalue weighted by Crippen LogP contribution is 2.29. The van der Waals surface area contributed by atoms with Gasteiger partial charge in [-0.05, 0) is 18.2 Å². The summed E-state index contributed by atoms with van der Waals surface area (Å²) in [6.45, 7) is 0. The molecular weight excluding hydrogens is 280 g/mol. The fourth-order valence-corrected chi connectivity index (χ4v) is 2.13. The number of nitrogens with two attached hydrogens (primary N) is 1. The van der Waals surface area contributed by atoms with E-state index in [1.807, 2.05) is 18.2 Å². The summed E-state index contributed by atoms with van der Waals surface area (Å²) in [7, 11) is 0. The molecule has 0 fully saturated rings. The molecule has 5 nitrogen and oxygen atoms in total. The van der Waals surface area contributed by atoms with E-state index in [4.69, 9.17) is 26.9 Å². The molecule has 0 saturated carbocycles. The molecule has 100 valence electrons. The lowest BCUT2D eigenvalue weighted by atomic mass is 10.1. The molecule has 0 bridgehead atoms. The Morgan fingerprint density at radius 3 is 2.85 bits per heavy atom. The average molecular weight is 289 g/mol. The normalized spacial score (nSPS) is 10.8. The highest BCUT2D eigenvalue weighted by Gasteiger charge is 2.16. The van der Waals surface area contributed by atoms with Gasteiger partial charge in [0.05, 0.1) is 22.7 Å². The van der Waals surface area contributed by atoms with Crippen molar-refractivity contribution in [3.63, 3.8) is 0 Å². The van der Waals surface area contributed by atoms with Gasteiger partial charge in [0.2, 0.25) is 0 Å². The third kappa shape index (κ3) is 1.98. The molecular formula is C14H9ClN2O3. The van der Waals surface area contributed by atoms with Gasteiger partial charge in [0.15, 0.2) is 5.69 Å². The molecule has 0 saturated heterocycles. The number of furan rings is 1. The number of rotatable bonds is 2. The molecule has 1 aromatic carbocycles. The fraction of sp³-hybridized carbons (Fsp3) is 0. The van der Waals surface area contributed by atoms with Gasteiger partial charge in [-0.15, -0.1) is 0 Å². The number of carboxylic acid groups (broad SMARTS) is 1. The van der Waals surface area contributed by atoms with Crippen molar-refractivity contribution in [2.75, 3.05) is 5.73 Å². The van der Waals surface area contributed by atoms with Gasteiger partial charge in [-0.25, -0.2) is 9.78 Å². The highest BCUT2D eigenvalue weighted by atomic mass is 35.5. The van der Waals surface area contributed by atoms with Crippen LogP contribution in [0.3, 0.4) is 0 Å². The summed E-state index contributed by atoms with van der Waals surface area (Å²) in [5, 5.41) is 9.98. The molecule has 0 radical (unpaired) electrons. The zero-order valence-electron chi connectivity index (χ0n) is 10.1. The molecule has 0 spiro atoms. The van der Waals surface area contributed by atoms with E-state index >= 15 is 0 Å². The van der Waals surface area contributed by atoms with Gasteiger partial charge in [-0.2, -0.15) is 0 Å². The van der Waals surface area contributed by atoms with E-state index in [1.54, 1.807) is 18.4 Å². The Hall–Kier alpha value is -2.53. The van der Waals surface area contributed by atoms with Crippen LogP contribution in [0, 0.1) is 0 Å². The molecule has 0 amide bonds. The van der Waals surface area contributed by atoms with Gasteiger partial charge in [0.1, 0.15) is 5.58 Å². The molecule has 0 unspecified atom stereocenters. The van der Waals surface area contributed by atoms with E-state index in [1.165, 1.54) is 0 Å². The van der Waals surface area contributed by atoms with Crippen LogP contribution in [0.1, 0.15) is 10.5 Å². The second-order valence-corrected chi connectivity index (χ2v) is 4.62. The summed E-state index contributed by atoms with van der Waals surface area (Å²) < 4.78 is 5.31. The van der Waals surface area contributed by atoms with Crippen LogP contribution in [-0.2, 0) is 0 Å². The van der Waals surface area contributed by atoms with Gasteiger partial charge in [-0.3, -0.25) is 0 Å². The summed E-state index contributed by atoms with van der Waals surface area (Å²) in [4.78, 5) is 15.1. The van der Waals surface area contributed by atoms with Crippen molar-refractivity contribution in [3.8, 4) is 11.3 Å². The summed E-state index contributed by atoms with van der Waals surface area (Å²) in [6.07, 6.45) is 1.58. The van der Waals surface area contributed by atoms with Crippen molar-refractivity contribution in [2.24, 2.45) is 0 Å². The van der Waals surface area contributed by atoms with E-state index in [9.17, 15) is 4.79 Å². The third-order valence-electron chi connectivity index (χ3n) is 2.94. The van der Waals surface area contributed by atoms with Crippen LogP contribution < -0.4 is 5.73 Å². The fourth-order valence-electron chi connectivity index (χ4n) is 1.95. The van der Waals surface area contributed by atoms with Gasteiger partial charge < -0.3 is 15.3 Å². The van der Waals surface area contributed by atoms with Crippen LogP contribution in [0.2, 0.25) is 5.02 Å². The molecule has 0 aliphatic carbocycles. The maximum absolute atomic E-state index is 11.1. The minimum atomic E-state index is -1.22. The van der Waals surface area contributed by atoms with Crippen LogP contribution in [0.4, 0.5) is 5.69 Å². The molecule has 20 heavy (non-hydrogen) atoms. The SMILES string of the molecule is Nc1cc(-c2ccc3ccoc3c2)nc(C(=O)O)c1Cl. The summed E-state index contributed by atoms with van der Waals surface area (Å²) in [5.74, 6) is -1.22. The largest absolute Gasteiger partial charge is 0.476 e. The molecule has 2 aromatic heterocycles. The number of pyridine rings is 1. The predicted molar refractivity (Wildman–Crippen MR) is 75.8 cm³/mol. The maximum atomic E-state index is 11.1. The van der Waals surface area contributed by atoms with Crippen LogP contribution in [0.15, 0.2) is 41.0 Å². The second kappa shape index (κ2) is 4.54. The average Bonchev–Trinajstić information content (AvgIpc) is 2.88. The minimum absolute atomic E-state index is 0.0553. The number of carboxylic acids is 1. The number of anilines is 1. The van der Waals surface area contributed by atoms with E-state index in [-0.39, 0.29) is 16.4 Å². The first kappa shape index (κ1) is 12.5. The Labute approximate surface area is 118 Å². The highest BCUT2D eigenvalue weighted by molar-refractivity contribution is 6.35. The number of aromatic nitrogens is 1. The van der Waals surface area contributed by atoms with Gasteiger partial charge in [0.25, 0.3) is 0 Å². The van der Waals surface area contributed by atoms with Crippen LogP contribution in [0.5, 0.6) is 0 Å². The minimum Gasteiger partial charge on any atom is -0.476 e. The molecule has 0 atom stereocenters. The molecule has 3 rings (SSSR count). The first-order valence-corrected chi connectivity index (χ1v) is 6.11. The standard InChI is InChI=1S/C14H9ClN2O3/c15-12-9(16)6-10(17-13(12)14(18)19)8-2-1-7-3-4-20-11(7)5-8/h1-6H,(H2,16,17)(H,18,19). The van der Waals surface area contributed by atoms with Crippen LogP contribution in [-0.4, -0.2) is 16.1 Å². The second-order valence-electron chi connectivity index (χ2n) is 4.24. The summed E-state index contributed by atoms with van der Waals surface area (Å²) >= 11 is 5.84.